The number of benzene rings is 1. The van der Waals surface area contributed by atoms with Crippen LogP contribution in [0, 0.1) is 0 Å². The highest BCUT2D eigenvalue weighted by Crippen LogP contribution is 2.18. The number of carbonyl (C=O) groups excluding carboxylic acids is 1. The standard InChI is InChI=1S/C10H7ClO3/c11-7-1-3-8(4-2-7)14-9-5-6-13-10(9)12/h1-6,9H. The van der Waals surface area contributed by atoms with Crippen LogP contribution in [0.5, 0.6) is 5.75 Å². The molecule has 0 amide bonds. The van der Waals surface area contributed by atoms with Crippen molar-refractivity contribution in [3.63, 3.8) is 0 Å². The second-order valence-electron chi connectivity index (χ2n) is 2.76. The first-order valence-electron chi connectivity index (χ1n) is 4.05. The van der Waals surface area contributed by atoms with Crippen molar-refractivity contribution in [2.75, 3.05) is 0 Å². The van der Waals surface area contributed by atoms with Crippen molar-refractivity contribution in [2.24, 2.45) is 0 Å². The van der Waals surface area contributed by atoms with E-state index in [1.54, 1.807) is 30.3 Å². The summed E-state index contributed by atoms with van der Waals surface area (Å²) in [7, 11) is 0. The van der Waals surface area contributed by atoms with Gasteiger partial charge in [-0.05, 0) is 24.3 Å². The Morgan fingerprint density at radius 1 is 1.29 bits per heavy atom. The lowest BCUT2D eigenvalue weighted by Crippen LogP contribution is -2.21. The van der Waals surface area contributed by atoms with E-state index in [-0.39, 0.29) is 0 Å². The van der Waals surface area contributed by atoms with Crippen molar-refractivity contribution in [3.05, 3.63) is 41.6 Å². The van der Waals surface area contributed by atoms with Crippen molar-refractivity contribution in [1.82, 2.24) is 0 Å². The predicted molar refractivity (Wildman–Crippen MR) is 51.1 cm³/mol. The molecule has 72 valence electrons. The van der Waals surface area contributed by atoms with E-state index in [9.17, 15) is 4.79 Å². The highest BCUT2D eigenvalue weighted by molar-refractivity contribution is 6.30. The molecule has 0 saturated carbocycles. The van der Waals surface area contributed by atoms with Crippen LogP contribution >= 0.6 is 11.6 Å². The number of hydrogen-bond acceptors (Lipinski definition) is 3. The maximum Gasteiger partial charge on any atom is 0.356 e. The van der Waals surface area contributed by atoms with Gasteiger partial charge in [-0.15, -0.1) is 0 Å². The van der Waals surface area contributed by atoms with Crippen molar-refractivity contribution in [1.29, 1.82) is 0 Å². The highest BCUT2D eigenvalue weighted by Gasteiger charge is 2.23. The summed E-state index contributed by atoms with van der Waals surface area (Å²) in [6, 6.07) is 6.78. The summed E-state index contributed by atoms with van der Waals surface area (Å²) >= 11 is 5.70. The Balaban J connectivity index is 2.07. The summed E-state index contributed by atoms with van der Waals surface area (Å²) in [5.41, 5.74) is 0. The lowest BCUT2D eigenvalue weighted by molar-refractivity contribution is -0.141. The Bertz CT molecular complexity index is 369. The first-order valence-corrected chi connectivity index (χ1v) is 4.43. The fourth-order valence-electron chi connectivity index (χ4n) is 1.07. The number of ether oxygens (including phenoxy) is 2. The second kappa shape index (κ2) is 3.72. The van der Waals surface area contributed by atoms with Crippen LogP contribution in [-0.4, -0.2) is 12.1 Å². The van der Waals surface area contributed by atoms with Gasteiger partial charge < -0.3 is 9.47 Å². The van der Waals surface area contributed by atoms with Crippen molar-refractivity contribution in [2.45, 2.75) is 6.10 Å². The van der Waals surface area contributed by atoms with Gasteiger partial charge in [-0.3, -0.25) is 0 Å². The molecule has 14 heavy (non-hydrogen) atoms. The van der Waals surface area contributed by atoms with E-state index in [1.165, 1.54) is 6.26 Å². The molecule has 1 aromatic carbocycles. The Kier molecular flexibility index (Phi) is 2.41. The summed E-state index contributed by atoms with van der Waals surface area (Å²) < 4.78 is 9.91. The molecule has 1 heterocycles. The van der Waals surface area contributed by atoms with E-state index in [1.807, 2.05) is 0 Å². The normalized spacial score (nSPS) is 19.5. The number of carbonyl (C=O) groups is 1. The van der Waals surface area contributed by atoms with Gasteiger partial charge in [-0.2, -0.15) is 0 Å². The third kappa shape index (κ3) is 1.88. The van der Waals surface area contributed by atoms with Crippen LogP contribution < -0.4 is 4.74 Å². The molecular formula is C10H7ClO3. The third-order valence-electron chi connectivity index (χ3n) is 1.75. The molecule has 4 heteroatoms. The van der Waals surface area contributed by atoms with E-state index in [0.717, 1.165) is 0 Å². The van der Waals surface area contributed by atoms with E-state index in [2.05, 4.69) is 4.74 Å². The molecule has 0 aliphatic carbocycles. The molecule has 0 fully saturated rings. The van der Waals surface area contributed by atoms with Gasteiger partial charge in [-0.25, -0.2) is 4.79 Å². The fourth-order valence-corrected chi connectivity index (χ4v) is 1.20. The summed E-state index contributed by atoms with van der Waals surface area (Å²) in [6.07, 6.45) is 2.23. The van der Waals surface area contributed by atoms with Crippen LogP contribution in [0.4, 0.5) is 0 Å². The number of rotatable bonds is 2. The Hall–Kier alpha value is -1.48. The van der Waals surface area contributed by atoms with Gasteiger partial charge in [0.2, 0.25) is 6.10 Å². The molecule has 0 saturated heterocycles. The van der Waals surface area contributed by atoms with Crippen LogP contribution in [0.1, 0.15) is 0 Å². The van der Waals surface area contributed by atoms with Crippen molar-refractivity contribution >= 4 is 17.6 Å². The summed E-state index contributed by atoms with van der Waals surface area (Å²) in [5, 5.41) is 0.627. The smallest absolute Gasteiger partial charge is 0.356 e. The van der Waals surface area contributed by atoms with Crippen molar-refractivity contribution < 1.29 is 14.3 Å². The molecular weight excluding hydrogens is 204 g/mol. The fraction of sp³-hybridized carbons (Fsp3) is 0.100. The molecule has 1 aliphatic rings. The lowest BCUT2D eigenvalue weighted by Gasteiger charge is -2.08. The molecule has 1 unspecified atom stereocenters. The number of halogens is 1. The molecule has 1 aliphatic heterocycles. The van der Waals surface area contributed by atoms with E-state index in [4.69, 9.17) is 16.3 Å². The van der Waals surface area contributed by atoms with Gasteiger partial charge in [0.25, 0.3) is 0 Å². The zero-order valence-corrected chi connectivity index (χ0v) is 7.90. The van der Waals surface area contributed by atoms with Crippen molar-refractivity contribution in [3.8, 4) is 5.75 Å². The molecule has 0 bridgehead atoms. The average molecular weight is 211 g/mol. The number of hydrogen-bond donors (Lipinski definition) is 0. The van der Waals surface area contributed by atoms with E-state index >= 15 is 0 Å². The van der Waals surface area contributed by atoms with Gasteiger partial charge >= 0.3 is 5.97 Å². The van der Waals surface area contributed by atoms with Crippen LogP contribution in [-0.2, 0) is 9.53 Å². The molecule has 1 aromatic rings. The van der Waals surface area contributed by atoms with Crippen LogP contribution in [0.15, 0.2) is 36.6 Å². The maximum atomic E-state index is 11.0. The van der Waals surface area contributed by atoms with Crippen LogP contribution in [0.25, 0.3) is 0 Å². The number of cyclic esters (lactones) is 1. The second-order valence-corrected chi connectivity index (χ2v) is 3.19. The Morgan fingerprint density at radius 2 is 2.00 bits per heavy atom. The quantitative estimate of drug-likeness (QED) is 0.702. The monoisotopic (exact) mass is 210 g/mol. The Labute approximate surface area is 85.9 Å². The topological polar surface area (TPSA) is 35.5 Å². The molecule has 0 aromatic heterocycles. The first kappa shape index (κ1) is 9.09. The van der Waals surface area contributed by atoms with Gasteiger partial charge in [0, 0.05) is 11.1 Å². The molecule has 3 nitrogen and oxygen atoms in total. The van der Waals surface area contributed by atoms with Gasteiger partial charge in [0.15, 0.2) is 0 Å². The minimum Gasteiger partial charge on any atom is -0.474 e. The SMILES string of the molecule is O=C1OC=CC1Oc1ccc(Cl)cc1. The maximum absolute atomic E-state index is 11.0. The first-order chi connectivity index (χ1) is 6.75. The largest absolute Gasteiger partial charge is 0.474 e. The molecule has 0 N–H and O–H groups in total. The summed E-state index contributed by atoms with van der Waals surface area (Å²) in [5.74, 6) is 0.183. The Morgan fingerprint density at radius 3 is 2.57 bits per heavy atom. The minimum atomic E-state index is -0.642. The molecule has 0 spiro atoms. The molecule has 1 atom stereocenters. The zero-order chi connectivity index (χ0) is 9.97. The van der Waals surface area contributed by atoms with E-state index < -0.39 is 12.1 Å². The summed E-state index contributed by atoms with van der Waals surface area (Å²) in [4.78, 5) is 11.0. The highest BCUT2D eigenvalue weighted by atomic mass is 35.5. The molecule has 2 rings (SSSR count). The third-order valence-corrected chi connectivity index (χ3v) is 2.00. The molecule has 0 radical (unpaired) electrons. The van der Waals surface area contributed by atoms with Crippen LogP contribution in [0.3, 0.4) is 0 Å². The predicted octanol–water partition coefficient (Wildman–Crippen LogP) is 2.16. The minimum absolute atomic E-state index is 0.403. The van der Waals surface area contributed by atoms with Gasteiger partial charge in [-0.1, -0.05) is 11.6 Å². The van der Waals surface area contributed by atoms with Gasteiger partial charge in [0.1, 0.15) is 5.75 Å². The summed E-state index contributed by atoms with van der Waals surface area (Å²) in [6.45, 7) is 0. The average Bonchev–Trinajstić information content (AvgIpc) is 2.56. The van der Waals surface area contributed by atoms with Crippen LogP contribution in [0.2, 0.25) is 5.02 Å². The lowest BCUT2D eigenvalue weighted by atomic mass is 10.3. The van der Waals surface area contributed by atoms with E-state index in [0.29, 0.717) is 10.8 Å². The zero-order valence-electron chi connectivity index (χ0n) is 7.14. The number of esters is 1. The van der Waals surface area contributed by atoms with Gasteiger partial charge in [0.05, 0.1) is 6.26 Å².